The zero-order valence-electron chi connectivity index (χ0n) is 13.8. The lowest BCUT2D eigenvalue weighted by Gasteiger charge is -2.32. The van der Waals surface area contributed by atoms with Crippen molar-refractivity contribution in [3.63, 3.8) is 0 Å². The van der Waals surface area contributed by atoms with E-state index in [2.05, 4.69) is 39.5 Å². The molecule has 24 heavy (non-hydrogen) atoms. The average molecular weight is 326 g/mol. The number of nitrogens with zero attached hydrogens (tertiary/aromatic N) is 3. The summed E-state index contributed by atoms with van der Waals surface area (Å²) < 4.78 is 0. The maximum Gasteiger partial charge on any atom is 0.287 e. The third kappa shape index (κ3) is 4.08. The number of piperidine rings is 1. The highest BCUT2D eigenvalue weighted by Gasteiger charge is 2.20. The molecular formula is C18H22N4O2. The van der Waals surface area contributed by atoms with Gasteiger partial charge in [0, 0.05) is 31.7 Å². The predicted molar refractivity (Wildman–Crippen MR) is 94.0 cm³/mol. The summed E-state index contributed by atoms with van der Waals surface area (Å²) in [7, 11) is 0. The summed E-state index contributed by atoms with van der Waals surface area (Å²) in [5.41, 5.74) is 2.20. The molecule has 0 atom stereocenters. The lowest BCUT2D eigenvalue weighted by atomic mass is 10.0. The van der Waals surface area contributed by atoms with E-state index in [1.54, 1.807) is 6.07 Å². The number of pyridine rings is 1. The molecule has 0 aliphatic carbocycles. The Morgan fingerprint density at radius 2 is 2.00 bits per heavy atom. The largest absolute Gasteiger partial charge is 0.367 e. The van der Waals surface area contributed by atoms with E-state index >= 15 is 0 Å². The lowest BCUT2D eigenvalue weighted by Crippen LogP contribution is -2.38. The van der Waals surface area contributed by atoms with E-state index in [0.717, 1.165) is 43.9 Å². The van der Waals surface area contributed by atoms with Crippen LogP contribution in [0.5, 0.6) is 0 Å². The first-order valence-corrected chi connectivity index (χ1v) is 8.25. The molecule has 0 saturated carbocycles. The van der Waals surface area contributed by atoms with Crippen molar-refractivity contribution in [3.8, 4) is 0 Å². The van der Waals surface area contributed by atoms with Gasteiger partial charge in [-0.1, -0.05) is 30.3 Å². The van der Waals surface area contributed by atoms with Crippen molar-refractivity contribution in [3.05, 3.63) is 63.8 Å². The van der Waals surface area contributed by atoms with Crippen molar-refractivity contribution in [2.24, 2.45) is 0 Å². The molecule has 6 nitrogen and oxygen atoms in total. The minimum Gasteiger partial charge on any atom is -0.367 e. The molecule has 1 fully saturated rings. The molecule has 126 valence electrons. The molecule has 1 N–H and O–H groups in total. The maximum atomic E-state index is 10.8. The fourth-order valence-corrected chi connectivity index (χ4v) is 3.08. The van der Waals surface area contributed by atoms with Gasteiger partial charge in [0.1, 0.15) is 12.0 Å². The first kappa shape index (κ1) is 16.4. The standard InChI is InChI=1S/C18H22N4O2/c1-14-11-17(22(23)24)12-19-18(14)20-16-7-9-21(10-8-16)13-15-5-3-2-4-6-15/h2-6,11-12,16H,7-10,13H2,1H3,(H,19,20). The molecule has 3 rings (SSSR count). The van der Waals surface area contributed by atoms with Gasteiger partial charge in [0.15, 0.2) is 0 Å². The number of aryl methyl sites for hydroxylation is 1. The molecule has 1 aromatic carbocycles. The molecule has 0 amide bonds. The van der Waals surface area contributed by atoms with Gasteiger partial charge in [-0.05, 0) is 30.9 Å². The van der Waals surface area contributed by atoms with Crippen molar-refractivity contribution < 1.29 is 4.92 Å². The third-order valence-electron chi connectivity index (χ3n) is 4.45. The number of benzene rings is 1. The highest BCUT2D eigenvalue weighted by molar-refractivity contribution is 5.48. The Labute approximate surface area is 141 Å². The second-order valence-electron chi connectivity index (χ2n) is 6.30. The Hall–Kier alpha value is -2.47. The minimum atomic E-state index is -0.411. The average Bonchev–Trinajstić information content (AvgIpc) is 2.59. The minimum absolute atomic E-state index is 0.0377. The van der Waals surface area contributed by atoms with Crippen LogP contribution in [0, 0.1) is 17.0 Å². The summed E-state index contributed by atoms with van der Waals surface area (Å²) in [5.74, 6) is 0.752. The van der Waals surface area contributed by atoms with Gasteiger partial charge in [0.2, 0.25) is 0 Å². The van der Waals surface area contributed by atoms with Crippen LogP contribution in [0.15, 0.2) is 42.6 Å². The predicted octanol–water partition coefficient (Wildman–Crippen LogP) is 3.37. The monoisotopic (exact) mass is 326 g/mol. The van der Waals surface area contributed by atoms with Gasteiger partial charge in [-0.15, -0.1) is 0 Å². The third-order valence-corrected chi connectivity index (χ3v) is 4.45. The summed E-state index contributed by atoms with van der Waals surface area (Å²) in [6.45, 7) is 4.92. The first-order valence-electron chi connectivity index (χ1n) is 8.25. The van der Waals surface area contributed by atoms with E-state index < -0.39 is 4.92 Å². The van der Waals surface area contributed by atoms with Crippen LogP contribution in [0.2, 0.25) is 0 Å². The molecule has 0 radical (unpaired) electrons. The lowest BCUT2D eigenvalue weighted by molar-refractivity contribution is -0.385. The van der Waals surface area contributed by atoms with E-state index in [1.807, 2.05) is 13.0 Å². The van der Waals surface area contributed by atoms with Crippen molar-refractivity contribution in [1.29, 1.82) is 0 Å². The number of hydrogen-bond acceptors (Lipinski definition) is 5. The molecule has 1 aliphatic rings. The van der Waals surface area contributed by atoms with Gasteiger partial charge >= 0.3 is 0 Å². The van der Waals surface area contributed by atoms with Gasteiger partial charge in [0.25, 0.3) is 5.69 Å². The Balaban J connectivity index is 1.53. The van der Waals surface area contributed by atoms with Gasteiger partial charge in [-0.25, -0.2) is 4.98 Å². The fourth-order valence-electron chi connectivity index (χ4n) is 3.08. The second-order valence-corrected chi connectivity index (χ2v) is 6.30. The Kier molecular flexibility index (Phi) is 5.05. The maximum absolute atomic E-state index is 10.8. The number of aromatic nitrogens is 1. The van der Waals surface area contributed by atoms with Crippen LogP contribution in [0.3, 0.4) is 0 Å². The molecular weight excluding hydrogens is 304 g/mol. The number of nitro groups is 1. The van der Waals surface area contributed by atoms with E-state index in [0.29, 0.717) is 6.04 Å². The number of nitrogens with one attached hydrogen (secondary N) is 1. The number of anilines is 1. The van der Waals surface area contributed by atoms with Crippen LogP contribution in [-0.4, -0.2) is 33.9 Å². The highest BCUT2D eigenvalue weighted by atomic mass is 16.6. The van der Waals surface area contributed by atoms with Crippen molar-refractivity contribution in [2.75, 3.05) is 18.4 Å². The summed E-state index contributed by atoms with van der Waals surface area (Å²) >= 11 is 0. The Morgan fingerprint density at radius 3 is 2.62 bits per heavy atom. The molecule has 0 unspecified atom stereocenters. The molecule has 0 bridgehead atoms. The zero-order valence-corrected chi connectivity index (χ0v) is 13.8. The summed E-state index contributed by atoms with van der Waals surface area (Å²) in [6, 6.07) is 12.5. The molecule has 6 heteroatoms. The number of hydrogen-bond donors (Lipinski definition) is 1. The first-order chi connectivity index (χ1) is 11.6. The van der Waals surface area contributed by atoms with Gasteiger partial charge < -0.3 is 5.32 Å². The Bertz CT molecular complexity index is 697. The topological polar surface area (TPSA) is 71.3 Å². The second kappa shape index (κ2) is 7.40. The van der Waals surface area contributed by atoms with Crippen molar-refractivity contribution in [2.45, 2.75) is 32.4 Å². The van der Waals surface area contributed by atoms with E-state index in [-0.39, 0.29) is 5.69 Å². The number of rotatable bonds is 5. The van der Waals surface area contributed by atoms with Crippen LogP contribution >= 0.6 is 0 Å². The van der Waals surface area contributed by atoms with Crippen LogP contribution in [0.1, 0.15) is 24.0 Å². The van der Waals surface area contributed by atoms with Crippen molar-refractivity contribution >= 4 is 11.5 Å². The Morgan fingerprint density at radius 1 is 1.29 bits per heavy atom. The van der Waals surface area contributed by atoms with Gasteiger partial charge in [0.05, 0.1) is 4.92 Å². The van der Waals surface area contributed by atoms with Crippen LogP contribution in [0.4, 0.5) is 11.5 Å². The fraction of sp³-hybridized carbons (Fsp3) is 0.389. The molecule has 2 heterocycles. The normalized spacial score (nSPS) is 16.0. The van der Waals surface area contributed by atoms with Gasteiger partial charge in [-0.2, -0.15) is 0 Å². The molecule has 0 spiro atoms. The van der Waals surface area contributed by atoms with E-state index in [4.69, 9.17) is 0 Å². The van der Waals surface area contributed by atoms with E-state index in [9.17, 15) is 10.1 Å². The molecule has 2 aromatic rings. The molecule has 1 aliphatic heterocycles. The van der Waals surface area contributed by atoms with Crippen LogP contribution in [-0.2, 0) is 6.54 Å². The summed E-state index contributed by atoms with van der Waals surface area (Å²) in [5, 5.41) is 14.2. The quantitative estimate of drug-likeness (QED) is 0.674. The highest BCUT2D eigenvalue weighted by Crippen LogP contribution is 2.22. The SMILES string of the molecule is Cc1cc([N+](=O)[O-])cnc1NC1CCN(Cc2ccccc2)CC1. The molecule has 1 aromatic heterocycles. The summed E-state index contributed by atoms with van der Waals surface area (Å²) in [4.78, 5) is 17.0. The van der Waals surface area contributed by atoms with Gasteiger partial charge in [-0.3, -0.25) is 15.0 Å². The van der Waals surface area contributed by atoms with E-state index in [1.165, 1.54) is 11.8 Å². The zero-order chi connectivity index (χ0) is 16.9. The van der Waals surface area contributed by atoms with Crippen molar-refractivity contribution in [1.82, 2.24) is 9.88 Å². The summed E-state index contributed by atoms with van der Waals surface area (Å²) in [6.07, 6.45) is 3.41. The van der Waals surface area contributed by atoms with Crippen LogP contribution in [0.25, 0.3) is 0 Å². The van der Waals surface area contributed by atoms with Crippen LogP contribution < -0.4 is 5.32 Å². The number of likely N-dealkylation sites (tertiary alicyclic amines) is 1. The molecule has 1 saturated heterocycles. The smallest absolute Gasteiger partial charge is 0.287 e.